The van der Waals surface area contributed by atoms with E-state index < -0.39 is 0 Å². The lowest BCUT2D eigenvalue weighted by Crippen LogP contribution is -2.36. The second-order valence-corrected chi connectivity index (χ2v) is 4.84. The van der Waals surface area contributed by atoms with E-state index in [0.29, 0.717) is 11.5 Å². The Labute approximate surface area is 122 Å². The Morgan fingerprint density at radius 3 is 2.86 bits per heavy atom. The van der Waals surface area contributed by atoms with Crippen LogP contribution in [-0.2, 0) is 0 Å². The molecule has 0 fully saturated rings. The molecule has 3 N–H and O–H groups in total. The number of hydrogen-bond donors (Lipinski definition) is 2. The van der Waals surface area contributed by atoms with Crippen LogP contribution in [0.1, 0.15) is 13.3 Å². The molecule has 1 aliphatic heterocycles. The second-order valence-electron chi connectivity index (χ2n) is 4.84. The Kier molecular flexibility index (Phi) is 3.48. The van der Waals surface area contributed by atoms with Crippen molar-refractivity contribution in [1.29, 1.82) is 0 Å². The van der Waals surface area contributed by atoms with Crippen LogP contribution in [0.15, 0.2) is 47.5 Å². The monoisotopic (exact) mass is 285 g/mol. The molecule has 0 aliphatic carbocycles. The quantitative estimate of drug-likeness (QED) is 0.827. The van der Waals surface area contributed by atoms with Crippen molar-refractivity contribution in [3.8, 4) is 5.75 Å². The molecule has 1 heterocycles. The summed E-state index contributed by atoms with van der Waals surface area (Å²) in [5, 5.41) is 3.19. The number of anilines is 2. The molecule has 108 valence electrons. The maximum absolute atomic E-state index is 13.7. The molecular formula is C16H16FN3O. The summed E-state index contributed by atoms with van der Waals surface area (Å²) in [6.07, 6.45) is 0.491. The first-order chi connectivity index (χ1) is 10.2. The molecular weight excluding hydrogens is 269 g/mol. The van der Waals surface area contributed by atoms with Crippen LogP contribution < -0.4 is 15.8 Å². The van der Waals surface area contributed by atoms with Gasteiger partial charge in [-0.3, -0.25) is 0 Å². The minimum absolute atomic E-state index is 0.235. The number of nitrogens with zero attached hydrogens (tertiary/aromatic N) is 1. The van der Waals surface area contributed by atoms with Gasteiger partial charge in [-0.05, 0) is 36.8 Å². The van der Waals surface area contributed by atoms with Gasteiger partial charge in [-0.2, -0.15) is 0 Å². The van der Waals surface area contributed by atoms with E-state index in [-0.39, 0.29) is 17.6 Å². The van der Waals surface area contributed by atoms with Gasteiger partial charge >= 0.3 is 0 Å². The van der Waals surface area contributed by atoms with Gasteiger partial charge in [-0.25, -0.2) is 9.38 Å². The van der Waals surface area contributed by atoms with Crippen LogP contribution in [0.5, 0.6) is 5.75 Å². The number of para-hydroxylation sites is 1. The van der Waals surface area contributed by atoms with Crippen LogP contribution >= 0.6 is 0 Å². The molecule has 0 saturated carbocycles. The van der Waals surface area contributed by atoms with Crippen molar-refractivity contribution in [2.75, 3.05) is 11.1 Å². The van der Waals surface area contributed by atoms with Crippen LogP contribution in [-0.4, -0.2) is 11.9 Å². The highest BCUT2D eigenvalue weighted by Crippen LogP contribution is 2.33. The van der Waals surface area contributed by atoms with Gasteiger partial charge in [0.05, 0.1) is 5.69 Å². The van der Waals surface area contributed by atoms with Gasteiger partial charge in [-0.1, -0.05) is 19.1 Å². The number of ether oxygens (including phenoxy) is 1. The number of benzene rings is 2. The lowest BCUT2D eigenvalue weighted by molar-refractivity contribution is 0.259. The summed E-state index contributed by atoms with van der Waals surface area (Å²) >= 11 is 0. The normalized spacial score (nSPS) is 18.8. The van der Waals surface area contributed by atoms with Crippen LogP contribution in [0.3, 0.4) is 0 Å². The van der Waals surface area contributed by atoms with E-state index in [9.17, 15) is 4.39 Å². The zero-order valence-corrected chi connectivity index (χ0v) is 11.6. The molecule has 0 spiro atoms. The SMILES string of the molecule is CCC1Oc2ccc(N)cc2NC1=Nc1ccccc1F. The van der Waals surface area contributed by atoms with Crippen molar-refractivity contribution in [2.45, 2.75) is 19.4 Å². The average Bonchev–Trinajstić information content (AvgIpc) is 2.49. The van der Waals surface area contributed by atoms with Crippen molar-refractivity contribution >= 4 is 22.9 Å². The van der Waals surface area contributed by atoms with Crippen molar-refractivity contribution in [3.05, 3.63) is 48.3 Å². The highest BCUT2D eigenvalue weighted by Gasteiger charge is 2.24. The first-order valence-electron chi connectivity index (χ1n) is 6.83. The highest BCUT2D eigenvalue weighted by molar-refractivity contribution is 6.03. The molecule has 0 radical (unpaired) electrons. The summed E-state index contributed by atoms with van der Waals surface area (Å²) in [5.41, 5.74) is 7.44. The molecule has 0 aromatic heterocycles. The van der Waals surface area contributed by atoms with Crippen LogP contribution in [0.25, 0.3) is 0 Å². The van der Waals surface area contributed by atoms with E-state index in [2.05, 4.69) is 10.3 Å². The summed E-state index contributed by atoms with van der Waals surface area (Å²) in [4.78, 5) is 4.36. The third kappa shape index (κ3) is 2.67. The zero-order valence-electron chi connectivity index (χ0n) is 11.6. The third-order valence-corrected chi connectivity index (χ3v) is 3.30. The molecule has 5 heteroatoms. The van der Waals surface area contributed by atoms with Gasteiger partial charge in [-0.15, -0.1) is 0 Å². The fraction of sp³-hybridized carbons (Fsp3) is 0.188. The smallest absolute Gasteiger partial charge is 0.156 e. The van der Waals surface area contributed by atoms with E-state index >= 15 is 0 Å². The number of hydrogen-bond acceptors (Lipinski definition) is 3. The lowest BCUT2D eigenvalue weighted by atomic mass is 10.1. The zero-order chi connectivity index (χ0) is 14.8. The fourth-order valence-corrected chi connectivity index (χ4v) is 2.22. The van der Waals surface area contributed by atoms with E-state index in [1.807, 2.05) is 13.0 Å². The van der Waals surface area contributed by atoms with Crippen LogP contribution in [0.2, 0.25) is 0 Å². The molecule has 2 aromatic rings. The Morgan fingerprint density at radius 2 is 2.10 bits per heavy atom. The largest absolute Gasteiger partial charge is 0.480 e. The van der Waals surface area contributed by atoms with Gasteiger partial charge in [0.1, 0.15) is 23.1 Å². The Morgan fingerprint density at radius 1 is 1.29 bits per heavy atom. The number of nitrogens with two attached hydrogens (primary N) is 1. The predicted octanol–water partition coefficient (Wildman–Crippen LogP) is 3.72. The number of halogens is 1. The number of rotatable bonds is 2. The maximum Gasteiger partial charge on any atom is 0.156 e. The van der Waals surface area contributed by atoms with Gasteiger partial charge in [0.15, 0.2) is 6.10 Å². The highest BCUT2D eigenvalue weighted by atomic mass is 19.1. The number of fused-ring (bicyclic) bond motifs is 1. The lowest BCUT2D eigenvalue weighted by Gasteiger charge is -2.28. The molecule has 0 amide bonds. The van der Waals surface area contributed by atoms with E-state index in [0.717, 1.165) is 17.9 Å². The summed E-state index contributed by atoms with van der Waals surface area (Å²) in [7, 11) is 0. The fourth-order valence-electron chi connectivity index (χ4n) is 2.22. The molecule has 1 aliphatic rings. The first-order valence-corrected chi connectivity index (χ1v) is 6.83. The summed E-state index contributed by atoms with van der Waals surface area (Å²) in [5.74, 6) is 0.948. The minimum Gasteiger partial charge on any atom is -0.480 e. The Bertz CT molecular complexity index is 700. The average molecular weight is 285 g/mol. The van der Waals surface area contributed by atoms with Crippen LogP contribution in [0, 0.1) is 5.82 Å². The van der Waals surface area contributed by atoms with Crippen molar-refractivity contribution in [2.24, 2.45) is 4.99 Å². The third-order valence-electron chi connectivity index (χ3n) is 3.30. The molecule has 2 aromatic carbocycles. The second kappa shape index (κ2) is 5.44. The van der Waals surface area contributed by atoms with Gasteiger partial charge < -0.3 is 15.8 Å². The topological polar surface area (TPSA) is 59.6 Å². The Balaban J connectivity index is 2.00. The summed E-state index contributed by atoms with van der Waals surface area (Å²) in [6, 6.07) is 11.8. The number of aliphatic imine (C=N–C) groups is 1. The van der Waals surface area contributed by atoms with Crippen LogP contribution in [0.4, 0.5) is 21.5 Å². The number of amidine groups is 1. The van der Waals surface area contributed by atoms with E-state index in [1.165, 1.54) is 6.07 Å². The molecule has 0 bridgehead atoms. The van der Waals surface area contributed by atoms with Gasteiger partial charge in [0.2, 0.25) is 0 Å². The Hall–Kier alpha value is -2.56. The molecule has 3 rings (SSSR count). The number of nitrogen functional groups attached to an aromatic ring is 1. The molecule has 1 unspecified atom stereocenters. The molecule has 21 heavy (non-hydrogen) atoms. The van der Waals surface area contributed by atoms with Gasteiger partial charge in [0, 0.05) is 5.69 Å². The van der Waals surface area contributed by atoms with E-state index in [4.69, 9.17) is 10.5 Å². The van der Waals surface area contributed by atoms with E-state index in [1.54, 1.807) is 30.3 Å². The van der Waals surface area contributed by atoms with Crippen molar-refractivity contribution in [3.63, 3.8) is 0 Å². The standard InChI is InChI=1S/C16H16FN3O/c1-2-14-16(19-12-6-4-3-5-11(12)17)20-13-9-10(18)7-8-15(13)21-14/h3-9,14H,2,18H2,1H3,(H,19,20). The first kappa shape index (κ1) is 13.4. The maximum atomic E-state index is 13.7. The molecule has 4 nitrogen and oxygen atoms in total. The van der Waals surface area contributed by atoms with Crippen molar-refractivity contribution in [1.82, 2.24) is 0 Å². The predicted molar refractivity (Wildman–Crippen MR) is 82.7 cm³/mol. The molecule has 0 saturated heterocycles. The minimum atomic E-state index is -0.361. The van der Waals surface area contributed by atoms with Crippen molar-refractivity contribution < 1.29 is 9.13 Å². The van der Waals surface area contributed by atoms with Gasteiger partial charge in [0.25, 0.3) is 0 Å². The molecule has 1 atom stereocenters. The summed E-state index contributed by atoms with van der Waals surface area (Å²) in [6.45, 7) is 1.99. The number of nitrogens with one attached hydrogen (secondary N) is 1. The summed E-state index contributed by atoms with van der Waals surface area (Å²) < 4.78 is 19.6.